The van der Waals surface area contributed by atoms with Gasteiger partial charge in [-0.05, 0) is 36.4 Å². The molecular formula is C20H15N5O. The first-order valence-electron chi connectivity index (χ1n) is 8.45. The van der Waals surface area contributed by atoms with Crippen molar-refractivity contribution in [3.05, 3.63) is 66.6 Å². The maximum Gasteiger partial charge on any atom is 0.269 e. The van der Waals surface area contributed by atoms with Crippen LogP contribution in [0.5, 0.6) is 0 Å². The molecule has 1 aromatic carbocycles. The number of hydrogen-bond acceptors (Lipinski definition) is 4. The molecule has 0 saturated heterocycles. The van der Waals surface area contributed by atoms with E-state index in [4.69, 9.17) is 0 Å². The van der Waals surface area contributed by atoms with E-state index in [2.05, 4.69) is 26.4 Å². The third-order valence-corrected chi connectivity index (χ3v) is 4.58. The van der Waals surface area contributed by atoms with E-state index in [1.807, 2.05) is 42.5 Å². The third kappa shape index (κ3) is 2.43. The Balaban J connectivity index is 1.57. The summed E-state index contributed by atoms with van der Waals surface area (Å²) < 4.78 is 1.76. The van der Waals surface area contributed by atoms with E-state index in [1.54, 1.807) is 17.1 Å². The molecular weight excluding hydrogens is 326 g/mol. The summed E-state index contributed by atoms with van der Waals surface area (Å²) in [6.45, 7) is 1.30. The fourth-order valence-corrected chi connectivity index (χ4v) is 3.26. The fourth-order valence-electron chi connectivity index (χ4n) is 3.26. The van der Waals surface area contributed by atoms with Crippen molar-refractivity contribution in [1.82, 2.24) is 25.1 Å². The standard InChI is InChI=1S/C20H15N5O/c26-20-19-12-18(24-25(19)9-8-23-20)15-5-7-22-17(11-15)14-3-4-16-13(10-14)2-1-6-21-16/h1-7,10-12H,8-9H2,(H,23,26). The van der Waals surface area contributed by atoms with Gasteiger partial charge in [-0.1, -0.05) is 12.1 Å². The number of hydrogen-bond donors (Lipinski definition) is 1. The molecule has 0 atom stereocenters. The number of pyridine rings is 2. The summed E-state index contributed by atoms with van der Waals surface area (Å²) >= 11 is 0. The van der Waals surface area contributed by atoms with Crippen LogP contribution in [0.25, 0.3) is 33.4 Å². The van der Waals surface area contributed by atoms with Gasteiger partial charge >= 0.3 is 0 Å². The molecule has 0 fully saturated rings. The zero-order valence-electron chi connectivity index (χ0n) is 13.9. The van der Waals surface area contributed by atoms with E-state index < -0.39 is 0 Å². The number of aromatic nitrogens is 4. The van der Waals surface area contributed by atoms with E-state index in [9.17, 15) is 4.79 Å². The molecule has 0 spiro atoms. The Bertz CT molecular complexity index is 1150. The molecule has 0 bridgehead atoms. The summed E-state index contributed by atoms with van der Waals surface area (Å²) in [5.41, 5.74) is 5.17. The molecule has 6 nitrogen and oxygen atoms in total. The maximum absolute atomic E-state index is 12.0. The fraction of sp³-hybridized carbons (Fsp3) is 0.100. The number of rotatable bonds is 2. The quantitative estimate of drug-likeness (QED) is 0.608. The molecule has 1 amide bonds. The van der Waals surface area contributed by atoms with Crippen LogP contribution in [0.4, 0.5) is 0 Å². The molecule has 1 aliphatic rings. The summed E-state index contributed by atoms with van der Waals surface area (Å²) in [6, 6.07) is 15.8. The summed E-state index contributed by atoms with van der Waals surface area (Å²) in [6.07, 6.45) is 3.56. The van der Waals surface area contributed by atoms with Crippen LogP contribution in [-0.4, -0.2) is 32.2 Å². The topological polar surface area (TPSA) is 72.7 Å². The Labute approximate surface area is 149 Å². The molecule has 0 saturated carbocycles. The number of carbonyl (C=O) groups is 1. The van der Waals surface area contributed by atoms with Gasteiger partial charge in [0, 0.05) is 35.5 Å². The van der Waals surface area contributed by atoms with Gasteiger partial charge < -0.3 is 5.32 Å². The van der Waals surface area contributed by atoms with Crippen LogP contribution in [0.15, 0.2) is 60.9 Å². The second-order valence-corrected chi connectivity index (χ2v) is 6.23. The van der Waals surface area contributed by atoms with Gasteiger partial charge in [0.15, 0.2) is 0 Å². The Kier molecular flexibility index (Phi) is 3.28. The Morgan fingerprint density at radius 3 is 2.77 bits per heavy atom. The molecule has 1 N–H and O–H groups in total. The molecule has 26 heavy (non-hydrogen) atoms. The smallest absolute Gasteiger partial charge is 0.269 e. The van der Waals surface area contributed by atoms with E-state index in [0.29, 0.717) is 18.8 Å². The highest BCUT2D eigenvalue weighted by molar-refractivity contribution is 5.94. The first-order valence-corrected chi connectivity index (χ1v) is 8.45. The van der Waals surface area contributed by atoms with Crippen LogP contribution in [0.1, 0.15) is 10.5 Å². The minimum Gasteiger partial charge on any atom is -0.349 e. The molecule has 0 radical (unpaired) electrons. The number of carbonyl (C=O) groups excluding carboxylic acids is 1. The number of amides is 1. The van der Waals surface area contributed by atoms with Crippen molar-refractivity contribution in [2.75, 3.05) is 6.54 Å². The summed E-state index contributed by atoms with van der Waals surface area (Å²) in [5, 5.41) is 8.49. The highest BCUT2D eigenvalue weighted by atomic mass is 16.2. The van der Waals surface area contributed by atoms with Gasteiger partial charge in [0.2, 0.25) is 0 Å². The normalized spacial score (nSPS) is 13.5. The molecule has 1 aliphatic heterocycles. The van der Waals surface area contributed by atoms with Crippen LogP contribution in [0.2, 0.25) is 0 Å². The zero-order valence-corrected chi connectivity index (χ0v) is 13.9. The van der Waals surface area contributed by atoms with Crippen molar-refractivity contribution in [3.63, 3.8) is 0 Å². The molecule has 5 rings (SSSR count). The molecule has 0 aliphatic carbocycles. The van der Waals surface area contributed by atoms with Crippen molar-refractivity contribution in [2.45, 2.75) is 6.54 Å². The molecule has 6 heteroatoms. The predicted molar refractivity (Wildman–Crippen MR) is 98.5 cm³/mol. The summed E-state index contributed by atoms with van der Waals surface area (Å²) in [5.74, 6) is -0.0775. The predicted octanol–water partition coefficient (Wildman–Crippen LogP) is 2.90. The van der Waals surface area contributed by atoms with Crippen molar-refractivity contribution in [1.29, 1.82) is 0 Å². The van der Waals surface area contributed by atoms with E-state index >= 15 is 0 Å². The lowest BCUT2D eigenvalue weighted by molar-refractivity contribution is 0.0924. The van der Waals surface area contributed by atoms with Crippen molar-refractivity contribution in [3.8, 4) is 22.5 Å². The minimum absolute atomic E-state index is 0.0775. The summed E-state index contributed by atoms with van der Waals surface area (Å²) in [7, 11) is 0. The van der Waals surface area contributed by atoms with Crippen molar-refractivity contribution >= 4 is 16.8 Å². The van der Waals surface area contributed by atoms with E-state index in [-0.39, 0.29) is 5.91 Å². The SMILES string of the molecule is O=C1NCCn2nc(-c3ccnc(-c4ccc5ncccc5c4)c3)cc21. The van der Waals surface area contributed by atoms with Crippen LogP contribution >= 0.6 is 0 Å². The van der Waals surface area contributed by atoms with Crippen LogP contribution < -0.4 is 5.32 Å². The second kappa shape index (κ2) is 5.77. The van der Waals surface area contributed by atoms with Crippen LogP contribution in [0, 0.1) is 0 Å². The van der Waals surface area contributed by atoms with Crippen molar-refractivity contribution in [2.24, 2.45) is 0 Å². The highest BCUT2D eigenvalue weighted by Crippen LogP contribution is 2.26. The molecule has 0 unspecified atom stereocenters. The average molecular weight is 341 g/mol. The van der Waals surface area contributed by atoms with Crippen LogP contribution in [0.3, 0.4) is 0 Å². The van der Waals surface area contributed by atoms with E-state index in [1.165, 1.54) is 0 Å². The van der Waals surface area contributed by atoms with Gasteiger partial charge in [-0.25, -0.2) is 0 Å². The van der Waals surface area contributed by atoms with Gasteiger partial charge in [-0.15, -0.1) is 0 Å². The third-order valence-electron chi connectivity index (χ3n) is 4.58. The second-order valence-electron chi connectivity index (χ2n) is 6.23. The van der Waals surface area contributed by atoms with Crippen LogP contribution in [-0.2, 0) is 6.54 Å². The average Bonchev–Trinajstić information content (AvgIpc) is 3.14. The highest BCUT2D eigenvalue weighted by Gasteiger charge is 2.20. The van der Waals surface area contributed by atoms with Gasteiger partial charge in [-0.2, -0.15) is 5.10 Å². The lowest BCUT2D eigenvalue weighted by atomic mass is 10.1. The first kappa shape index (κ1) is 14.8. The number of fused-ring (bicyclic) bond motifs is 2. The number of benzene rings is 1. The Morgan fingerprint density at radius 2 is 1.85 bits per heavy atom. The lowest BCUT2D eigenvalue weighted by Gasteiger charge is -2.13. The Morgan fingerprint density at radius 1 is 0.923 bits per heavy atom. The lowest BCUT2D eigenvalue weighted by Crippen LogP contribution is -2.35. The van der Waals surface area contributed by atoms with Crippen molar-refractivity contribution < 1.29 is 4.79 Å². The number of nitrogens with one attached hydrogen (secondary N) is 1. The van der Waals surface area contributed by atoms with Gasteiger partial charge in [0.1, 0.15) is 5.69 Å². The maximum atomic E-state index is 12.0. The first-order chi connectivity index (χ1) is 12.8. The monoisotopic (exact) mass is 341 g/mol. The molecule has 4 aromatic rings. The van der Waals surface area contributed by atoms with Gasteiger partial charge in [0.25, 0.3) is 5.91 Å². The van der Waals surface area contributed by atoms with E-state index in [0.717, 1.165) is 33.4 Å². The molecule has 3 aromatic heterocycles. The Hall–Kier alpha value is -3.54. The molecule has 126 valence electrons. The van der Waals surface area contributed by atoms with Gasteiger partial charge in [-0.3, -0.25) is 19.4 Å². The zero-order chi connectivity index (χ0) is 17.5. The summed E-state index contributed by atoms with van der Waals surface area (Å²) in [4.78, 5) is 20.8. The number of nitrogens with zero attached hydrogens (tertiary/aromatic N) is 4. The largest absolute Gasteiger partial charge is 0.349 e. The van der Waals surface area contributed by atoms with Gasteiger partial charge in [0.05, 0.1) is 23.4 Å². The minimum atomic E-state index is -0.0775. The molecule has 4 heterocycles.